The summed E-state index contributed by atoms with van der Waals surface area (Å²) in [6, 6.07) is 4.75. The summed E-state index contributed by atoms with van der Waals surface area (Å²) in [5, 5.41) is 0. The summed E-state index contributed by atoms with van der Waals surface area (Å²) in [6.45, 7) is 0.689. The summed E-state index contributed by atoms with van der Waals surface area (Å²) >= 11 is 3.35. The van der Waals surface area contributed by atoms with Crippen molar-refractivity contribution in [3.8, 4) is 5.75 Å². The van der Waals surface area contributed by atoms with Crippen LogP contribution in [0.15, 0.2) is 27.6 Å². The molecule has 0 bridgehead atoms. The lowest BCUT2D eigenvalue weighted by atomic mass is 10.2. The van der Waals surface area contributed by atoms with Gasteiger partial charge in [0.2, 0.25) is 0 Å². The molecule has 6 heteroatoms. The van der Waals surface area contributed by atoms with Crippen molar-refractivity contribution >= 4 is 25.8 Å². The minimum absolute atomic E-state index is 0.247. The number of benzene rings is 1. The molecule has 0 saturated carbocycles. The number of halogens is 1. The highest BCUT2D eigenvalue weighted by Gasteiger charge is 2.18. The van der Waals surface area contributed by atoms with E-state index in [1.807, 2.05) is 0 Å². The maximum atomic E-state index is 11.5. The quantitative estimate of drug-likeness (QED) is 0.852. The third-order valence-electron chi connectivity index (χ3n) is 2.73. The van der Waals surface area contributed by atoms with Crippen LogP contribution >= 0.6 is 15.9 Å². The number of rotatable bonds is 3. The van der Waals surface area contributed by atoms with Crippen molar-refractivity contribution in [1.82, 2.24) is 0 Å². The van der Waals surface area contributed by atoms with Crippen LogP contribution in [0, 0.1) is 0 Å². The lowest BCUT2D eigenvalue weighted by Crippen LogP contribution is -2.25. The Labute approximate surface area is 115 Å². The van der Waals surface area contributed by atoms with Crippen molar-refractivity contribution in [2.24, 2.45) is 0 Å². The van der Waals surface area contributed by atoms with Crippen molar-refractivity contribution in [2.75, 3.05) is 12.9 Å². The molecule has 1 aliphatic rings. The standard InChI is InChI=1S/C12H15BrO4S/c1-18(14,15)9-5-6-10(13)11(8-9)17-12-4-2-3-7-16-12/h5-6,8,12H,2-4,7H2,1H3. The molecule has 100 valence electrons. The average Bonchev–Trinajstić information content (AvgIpc) is 2.32. The Kier molecular flexibility index (Phi) is 4.29. The molecular weight excluding hydrogens is 320 g/mol. The monoisotopic (exact) mass is 334 g/mol. The van der Waals surface area contributed by atoms with E-state index in [4.69, 9.17) is 9.47 Å². The van der Waals surface area contributed by atoms with Gasteiger partial charge in [0.25, 0.3) is 0 Å². The van der Waals surface area contributed by atoms with Crippen LogP contribution in [0.3, 0.4) is 0 Å². The number of hydrogen-bond donors (Lipinski definition) is 0. The largest absolute Gasteiger partial charge is 0.464 e. The fourth-order valence-electron chi connectivity index (χ4n) is 1.75. The molecule has 0 N–H and O–H groups in total. The molecule has 1 unspecified atom stereocenters. The molecule has 1 atom stereocenters. The molecule has 2 rings (SSSR count). The van der Waals surface area contributed by atoms with Gasteiger partial charge < -0.3 is 9.47 Å². The summed E-state index contributed by atoms with van der Waals surface area (Å²) < 4.78 is 34.9. The summed E-state index contributed by atoms with van der Waals surface area (Å²) in [6.07, 6.45) is 3.83. The smallest absolute Gasteiger partial charge is 0.199 e. The first-order valence-corrected chi connectivity index (χ1v) is 8.43. The first-order valence-electron chi connectivity index (χ1n) is 5.75. The molecule has 0 spiro atoms. The van der Waals surface area contributed by atoms with Gasteiger partial charge in [0.15, 0.2) is 16.1 Å². The van der Waals surface area contributed by atoms with E-state index in [1.54, 1.807) is 12.1 Å². The zero-order valence-electron chi connectivity index (χ0n) is 10.1. The predicted octanol–water partition coefficient (Wildman–Crippen LogP) is 2.76. The lowest BCUT2D eigenvalue weighted by molar-refractivity contribution is -0.106. The van der Waals surface area contributed by atoms with E-state index in [9.17, 15) is 8.42 Å². The van der Waals surface area contributed by atoms with E-state index in [0.717, 1.165) is 23.7 Å². The van der Waals surface area contributed by atoms with E-state index in [2.05, 4.69) is 15.9 Å². The molecule has 18 heavy (non-hydrogen) atoms. The molecule has 0 aromatic heterocycles. The van der Waals surface area contributed by atoms with E-state index < -0.39 is 9.84 Å². The molecule has 0 radical (unpaired) electrons. The van der Waals surface area contributed by atoms with E-state index in [0.29, 0.717) is 12.4 Å². The van der Waals surface area contributed by atoms with E-state index in [1.165, 1.54) is 12.3 Å². The van der Waals surface area contributed by atoms with Gasteiger partial charge in [-0.25, -0.2) is 8.42 Å². The zero-order valence-corrected chi connectivity index (χ0v) is 12.5. The third-order valence-corrected chi connectivity index (χ3v) is 4.49. The molecule has 1 fully saturated rings. The van der Waals surface area contributed by atoms with Crippen molar-refractivity contribution < 1.29 is 17.9 Å². The molecule has 4 nitrogen and oxygen atoms in total. The Balaban J connectivity index is 2.21. The fraction of sp³-hybridized carbons (Fsp3) is 0.500. The van der Waals surface area contributed by atoms with Crippen molar-refractivity contribution in [3.63, 3.8) is 0 Å². The SMILES string of the molecule is CS(=O)(=O)c1ccc(Br)c(OC2CCCCO2)c1. The molecule has 0 aliphatic carbocycles. The second kappa shape index (κ2) is 5.59. The Morgan fingerprint density at radius 2 is 2.17 bits per heavy atom. The predicted molar refractivity (Wildman–Crippen MR) is 71.5 cm³/mol. The zero-order chi connectivity index (χ0) is 13.2. The molecule has 1 saturated heterocycles. The molecule has 0 amide bonds. The van der Waals surface area contributed by atoms with Crippen LogP contribution in [0.5, 0.6) is 5.75 Å². The van der Waals surface area contributed by atoms with Crippen LogP contribution in [-0.2, 0) is 14.6 Å². The molecule has 1 aromatic rings. The average molecular weight is 335 g/mol. The third kappa shape index (κ3) is 3.46. The van der Waals surface area contributed by atoms with Gasteiger partial charge in [0.05, 0.1) is 16.0 Å². The summed E-state index contributed by atoms with van der Waals surface area (Å²) in [5.41, 5.74) is 0. The topological polar surface area (TPSA) is 52.6 Å². The van der Waals surface area contributed by atoms with Crippen LogP contribution < -0.4 is 4.74 Å². The van der Waals surface area contributed by atoms with Crippen LogP contribution in [0.2, 0.25) is 0 Å². The fourth-order valence-corrected chi connectivity index (χ4v) is 2.73. The first-order chi connectivity index (χ1) is 8.47. The summed E-state index contributed by atoms with van der Waals surface area (Å²) in [7, 11) is -3.22. The number of ether oxygens (including phenoxy) is 2. The van der Waals surface area contributed by atoms with Crippen molar-refractivity contribution in [1.29, 1.82) is 0 Å². The van der Waals surface area contributed by atoms with Crippen LogP contribution in [-0.4, -0.2) is 27.6 Å². The molecule has 1 aromatic carbocycles. The lowest BCUT2D eigenvalue weighted by Gasteiger charge is -2.24. The number of hydrogen-bond acceptors (Lipinski definition) is 4. The van der Waals surface area contributed by atoms with Gasteiger partial charge in [-0.1, -0.05) is 0 Å². The molecular formula is C12H15BrO4S. The van der Waals surface area contributed by atoms with Crippen LogP contribution in [0.4, 0.5) is 0 Å². The minimum Gasteiger partial charge on any atom is -0.464 e. The second-order valence-corrected chi connectivity index (χ2v) is 7.15. The van der Waals surface area contributed by atoms with Gasteiger partial charge in [-0.3, -0.25) is 0 Å². The highest BCUT2D eigenvalue weighted by Crippen LogP contribution is 2.30. The summed E-state index contributed by atoms with van der Waals surface area (Å²) in [5.74, 6) is 0.504. The van der Waals surface area contributed by atoms with Gasteiger partial charge in [0.1, 0.15) is 5.75 Å². The molecule has 1 heterocycles. The van der Waals surface area contributed by atoms with Crippen LogP contribution in [0.25, 0.3) is 0 Å². The van der Waals surface area contributed by atoms with Crippen molar-refractivity contribution in [2.45, 2.75) is 30.4 Å². The van der Waals surface area contributed by atoms with Gasteiger partial charge in [-0.05, 0) is 40.9 Å². The summed E-state index contributed by atoms with van der Waals surface area (Å²) in [4.78, 5) is 0.247. The highest BCUT2D eigenvalue weighted by atomic mass is 79.9. The van der Waals surface area contributed by atoms with Crippen molar-refractivity contribution in [3.05, 3.63) is 22.7 Å². The Morgan fingerprint density at radius 3 is 2.78 bits per heavy atom. The Bertz CT molecular complexity index is 521. The highest BCUT2D eigenvalue weighted by molar-refractivity contribution is 9.10. The molecule has 1 aliphatic heterocycles. The van der Waals surface area contributed by atoms with Crippen LogP contribution in [0.1, 0.15) is 19.3 Å². The van der Waals surface area contributed by atoms with E-state index >= 15 is 0 Å². The van der Waals surface area contributed by atoms with E-state index in [-0.39, 0.29) is 11.2 Å². The Morgan fingerprint density at radius 1 is 1.39 bits per heavy atom. The maximum Gasteiger partial charge on any atom is 0.199 e. The van der Waals surface area contributed by atoms with Gasteiger partial charge in [-0.15, -0.1) is 0 Å². The van der Waals surface area contributed by atoms with Gasteiger partial charge in [0, 0.05) is 18.7 Å². The maximum absolute atomic E-state index is 11.5. The van der Waals surface area contributed by atoms with Gasteiger partial charge in [-0.2, -0.15) is 0 Å². The minimum atomic E-state index is -3.22. The second-order valence-electron chi connectivity index (χ2n) is 4.28. The first kappa shape index (κ1) is 13.8. The normalized spacial score (nSPS) is 20.7. The Hall–Kier alpha value is -0.590. The van der Waals surface area contributed by atoms with Gasteiger partial charge >= 0.3 is 0 Å². The number of sulfone groups is 1.